The molecule has 0 bridgehead atoms. The number of hydrogen-bond acceptors (Lipinski definition) is 8. The van der Waals surface area contributed by atoms with Crippen LogP contribution in [-0.4, -0.2) is 87.6 Å². The maximum Gasteiger partial charge on any atom is 0.413 e. The predicted octanol–water partition coefficient (Wildman–Crippen LogP) is 4.36. The summed E-state index contributed by atoms with van der Waals surface area (Å²) in [5, 5.41) is 24.2. The Morgan fingerprint density at radius 1 is 1.14 bits per heavy atom. The molecule has 2 aromatic carbocycles. The first-order chi connectivity index (χ1) is 20.3. The Hall–Kier alpha value is -3.72. The number of carbonyl (C=O) groups is 2. The summed E-state index contributed by atoms with van der Waals surface area (Å²) in [6.45, 7) is 4.65. The molecule has 4 N–H and O–H groups in total. The van der Waals surface area contributed by atoms with Gasteiger partial charge in [0, 0.05) is 5.54 Å². The molecule has 3 aromatic rings. The number of sulfonamides is 1. The van der Waals surface area contributed by atoms with E-state index >= 15 is 0 Å². The zero-order chi connectivity index (χ0) is 31.4. The van der Waals surface area contributed by atoms with Gasteiger partial charge in [-0.15, -0.1) is 0 Å². The highest BCUT2D eigenvalue weighted by atomic mass is 32.2. The molecule has 0 saturated heterocycles. The Morgan fingerprint density at radius 2 is 1.81 bits per heavy atom. The maximum absolute atomic E-state index is 14.0. The lowest BCUT2D eigenvalue weighted by Gasteiger charge is -2.42. The summed E-state index contributed by atoms with van der Waals surface area (Å²) in [7, 11) is -3.16. The number of aliphatic hydroxyl groups excluding tert-OH is 1. The van der Waals surface area contributed by atoms with Gasteiger partial charge in [0.25, 0.3) is 10.0 Å². The SMILES string of the molecule is COC(=O)Nc1nc2cc(S(=O)(=O)N(C[C@H](O)[C@H](Cc3ccccc3)N(C(=O)O)C(C)(C)C)OC3CCCC3)ccc2[nH]1. The number of carbonyl (C=O) groups excluding carboxylic acids is 1. The standard InChI is InChI=1S/C29H39N5O8S/c1-29(2,3)34(28(37)38)24(16-19-10-6-5-7-11-19)25(35)18-33(42-20-12-8-9-13-20)43(39,40)21-14-15-22-23(17-21)31-26(30-22)32-27(36)41-4/h5-7,10-11,14-15,17,20,24-25,35H,8-9,12-13,16,18H2,1-4H3,(H,37,38)(H2,30,31,32,36)/t24-,25-/m0/s1. The molecule has 14 heteroatoms. The minimum Gasteiger partial charge on any atom is -0.465 e. The van der Waals surface area contributed by atoms with Crippen molar-refractivity contribution in [3.8, 4) is 0 Å². The number of rotatable bonds is 11. The van der Waals surface area contributed by atoms with E-state index in [-0.39, 0.29) is 28.9 Å². The van der Waals surface area contributed by atoms with Crippen LogP contribution in [0.4, 0.5) is 15.5 Å². The number of aromatic nitrogens is 2. The second-order valence-electron chi connectivity index (χ2n) is 11.5. The van der Waals surface area contributed by atoms with Gasteiger partial charge < -0.3 is 19.9 Å². The minimum absolute atomic E-state index is 0.0746. The number of methoxy groups -OCH3 is 1. The van der Waals surface area contributed by atoms with Gasteiger partial charge in [0.2, 0.25) is 5.95 Å². The van der Waals surface area contributed by atoms with Crippen molar-refractivity contribution in [2.24, 2.45) is 0 Å². The molecular formula is C29H39N5O8S. The molecule has 4 rings (SSSR count). The number of H-pyrrole nitrogens is 1. The van der Waals surface area contributed by atoms with Gasteiger partial charge in [-0.1, -0.05) is 47.6 Å². The number of amides is 2. The predicted molar refractivity (Wildman–Crippen MR) is 159 cm³/mol. The summed E-state index contributed by atoms with van der Waals surface area (Å²) < 4.78 is 33.5. The lowest BCUT2D eigenvalue weighted by atomic mass is 9.95. The first kappa shape index (κ1) is 32.2. The van der Waals surface area contributed by atoms with Gasteiger partial charge in [-0.25, -0.2) is 23.0 Å². The molecule has 0 radical (unpaired) electrons. The van der Waals surface area contributed by atoms with Gasteiger partial charge >= 0.3 is 12.2 Å². The molecule has 1 aliphatic carbocycles. The van der Waals surface area contributed by atoms with Crippen molar-refractivity contribution < 1.29 is 37.8 Å². The third-order valence-corrected chi connectivity index (χ3v) is 8.94. The smallest absolute Gasteiger partial charge is 0.413 e. The van der Waals surface area contributed by atoms with Crippen LogP contribution in [-0.2, 0) is 26.0 Å². The van der Waals surface area contributed by atoms with E-state index in [0.29, 0.717) is 18.4 Å². The molecule has 1 saturated carbocycles. The normalized spacial score (nSPS) is 15.9. The Morgan fingerprint density at radius 3 is 2.42 bits per heavy atom. The summed E-state index contributed by atoms with van der Waals surface area (Å²) >= 11 is 0. The topological polar surface area (TPSA) is 174 Å². The lowest BCUT2D eigenvalue weighted by Crippen LogP contribution is -2.58. The van der Waals surface area contributed by atoms with Crippen LogP contribution in [0.5, 0.6) is 0 Å². The van der Waals surface area contributed by atoms with E-state index in [1.165, 1.54) is 25.3 Å². The number of imidazole rings is 1. The van der Waals surface area contributed by atoms with Crippen molar-refractivity contribution in [1.29, 1.82) is 0 Å². The highest BCUT2D eigenvalue weighted by Crippen LogP contribution is 2.29. The van der Waals surface area contributed by atoms with Crippen LogP contribution in [0.3, 0.4) is 0 Å². The van der Waals surface area contributed by atoms with Gasteiger partial charge in [0.15, 0.2) is 0 Å². The van der Waals surface area contributed by atoms with E-state index < -0.39 is 46.4 Å². The zero-order valence-electron chi connectivity index (χ0n) is 24.7. The number of ether oxygens (including phenoxy) is 1. The number of hydroxylamine groups is 1. The highest BCUT2D eigenvalue weighted by Gasteiger charge is 2.40. The van der Waals surface area contributed by atoms with Gasteiger partial charge in [-0.3, -0.25) is 15.1 Å². The molecule has 1 heterocycles. The molecule has 0 aliphatic heterocycles. The van der Waals surface area contributed by atoms with Crippen molar-refractivity contribution in [3.63, 3.8) is 0 Å². The highest BCUT2D eigenvalue weighted by molar-refractivity contribution is 7.89. The largest absolute Gasteiger partial charge is 0.465 e. The number of fused-ring (bicyclic) bond motifs is 1. The second kappa shape index (κ2) is 13.3. The molecule has 43 heavy (non-hydrogen) atoms. The van der Waals surface area contributed by atoms with Gasteiger partial charge in [0.1, 0.15) is 0 Å². The van der Waals surface area contributed by atoms with E-state index in [0.717, 1.165) is 27.8 Å². The van der Waals surface area contributed by atoms with Crippen molar-refractivity contribution in [2.45, 2.75) is 81.6 Å². The van der Waals surface area contributed by atoms with Crippen LogP contribution >= 0.6 is 0 Å². The maximum atomic E-state index is 14.0. The molecule has 0 spiro atoms. The Kier molecular flexibility index (Phi) is 9.95. The van der Waals surface area contributed by atoms with Crippen molar-refractivity contribution in [2.75, 3.05) is 19.0 Å². The van der Waals surface area contributed by atoms with Gasteiger partial charge in [0.05, 0.1) is 47.8 Å². The Balaban J connectivity index is 1.69. The fourth-order valence-corrected chi connectivity index (χ4v) is 6.60. The lowest BCUT2D eigenvalue weighted by molar-refractivity contribution is -0.149. The van der Waals surface area contributed by atoms with Crippen LogP contribution < -0.4 is 5.32 Å². The van der Waals surface area contributed by atoms with Gasteiger partial charge in [-0.2, -0.15) is 0 Å². The molecule has 1 aliphatic rings. The molecule has 1 aromatic heterocycles. The van der Waals surface area contributed by atoms with E-state index in [2.05, 4.69) is 20.0 Å². The second-order valence-corrected chi connectivity index (χ2v) is 13.4. The third kappa shape index (κ3) is 7.82. The van der Waals surface area contributed by atoms with Crippen molar-refractivity contribution in [1.82, 2.24) is 19.3 Å². The number of nitrogens with zero attached hydrogens (tertiary/aromatic N) is 3. The Bertz CT molecular complexity index is 1520. The van der Waals surface area contributed by atoms with E-state index in [4.69, 9.17) is 4.84 Å². The van der Waals surface area contributed by atoms with Crippen molar-refractivity contribution in [3.05, 3.63) is 54.1 Å². The molecule has 2 amide bonds. The van der Waals surface area contributed by atoms with E-state index in [1.807, 2.05) is 30.3 Å². The average Bonchev–Trinajstić information content (AvgIpc) is 3.60. The van der Waals surface area contributed by atoms with Crippen LogP contribution in [0.1, 0.15) is 52.0 Å². The van der Waals surface area contributed by atoms with Crippen molar-refractivity contribution >= 4 is 39.2 Å². The van der Waals surface area contributed by atoms with Crippen LogP contribution in [0.15, 0.2) is 53.4 Å². The number of hydrogen-bond donors (Lipinski definition) is 4. The number of anilines is 1. The van der Waals surface area contributed by atoms with E-state index in [9.17, 15) is 28.2 Å². The first-order valence-electron chi connectivity index (χ1n) is 14.1. The molecule has 1 fully saturated rings. The van der Waals surface area contributed by atoms with E-state index in [1.54, 1.807) is 20.8 Å². The van der Waals surface area contributed by atoms with Crippen LogP contribution in [0.25, 0.3) is 11.0 Å². The minimum atomic E-state index is -4.36. The Labute approximate surface area is 250 Å². The number of nitrogens with one attached hydrogen (secondary N) is 2. The summed E-state index contributed by atoms with van der Waals surface area (Å²) in [4.78, 5) is 38.2. The number of aromatic amines is 1. The fourth-order valence-electron chi connectivity index (χ4n) is 5.28. The quantitative estimate of drug-likeness (QED) is 0.228. The number of carboxylic acid groups (broad SMARTS) is 1. The summed E-state index contributed by atoms with van der Waals surface area (Å²) in [6, 6.07) is 12.3. The molecule has 2 atom stereocenters. The average molecular weight is 618 g/mol. The number of benzene rings is 2. The van der Waals surface area contributed by atoms with Crippen LogP contribution in [0.2, 0.25) is 0 Å². The monoisotopic (exact) mass is 617 g/mol. The summed E-state index contributed by atoms with van der Waals surface area (Å²) in [5.41, 5.74) is 0.622. The molecule has 13 nitrogen and oxygen atoms in total. The molecule has 234 valence electrons. The molecular weight excluding hydrogens is 578 g/mol. The molecule has 0 unspecified atom stereocenters. The fraction of sp³-hybridized carbons (Fsp3) is 0.483. The summed E-state index contributed by atoms with van der Waals surface area (Å²) in [6.07, 6.45) is -0.591. The zero-order valence-corrected chi connectivity index (χ0v) is 25.5. The summed E-state index contributed by atoms with van der Waals surface area (Å²) in [5.74, 6) is 0.0746. The van der Waals surface area contributed by atoms with Crippen LogP contribution in [0, 0.1) is 0 Å². The van der Waals surface area contributed by atoms with Gasteiger partial charge in [-0.05, 0) is 63.8 Å². The first-order valence-corrected chi connectivity index (χ1v) is 15.5. The third-order valence-electron chi connectivity index (χ3n) is 7.32. The number of aliphatic hydroxyl groups is 1.